The summed E-state index contributed by atoms with van der Waals surface area (Å²) in [5.74, 6) is 0.704. The maximum atomic E-state index is 12.3. The first-order valence-corrected chi connectivity index (χ1v) is 8.04. The lowest BCUT2D eigenvalue weighted by Crippen LogP contribution is -2.17. The van der Waals surface area contributed by atoms with Gasteiger partial charge in [-0.1, -0.05) is 12.1 Å². The predicted octanol–water partition coefficient (Wildman–Crippen LogP) is 3.62. The highest BCUT2D eigenvalue weighted by Crippen LogP contribution is 2.32. The average Bonchev–Trinajstić information content (AvgIpc) is 2.84. The number of nitrogens with one attached hydrogen (secondary N) is 1. The zero-order chi connectivity index (χ0) is 15.9. The second-order valence-corrected chi connectivity index (χ2v) is 6.77. The Labute approximate surface area is 133 Å². The summed E-state index contributed by atoms with van der Waals surface area (Å²) < 4.78 is 1.80. The number of rotatable bonds is 3. The van der Waals surface area contributed by atoms with Crippen LogP contribution in [0.25, 0.3) is 25.9 Å². The lowest BCUT2D eigenvalue weighted by atomic mass is 10.1. The van der Waals surface area contributed by atoms with Crippen LogP contribution in [0.3, 0.4) is 0 Å². The van der Waals surface area contributed by atoms with E-state index in [1.54, 1.807) is 0 Å². The second kappa shape index (κ2) is 5.66. The quantitative estimate of drug-likeness (QED) is 0.803. The minimum absolute atomic E-state index is 0.0487. The molecule has 3 aromatic rings. The molecule has 4 nitrogen and oxygen atoms in total. The molecule has 0 amide bonds. The van der Waals surface area contributed by atoms with Gasteiger partial charge in [0.2, 0.25) is 0 Å². The Morgan fingerprint density at radius 2 is 2.18 bits per heavy atom. The number of hydrogen-bond donors (Lipinski definition) is 1. The molecule has 0 radical (unpaired) electrons. The van der Waals surface area contributed by atoms with Gasteiger partial charge in [0.1, 0.15) is 10.5 Å². The highest BCUT2D eigenvalue weighted by molar-refractivity contribution is 7.25. The van der Waals surface area contributed by atoms with Crippen molar-refractivity contribution in [1.29, 1.82) is 0 Å². The van der Waals surface area contributed by atoms with Crippen LogP contribution in [0.15, 0.2) is 29.1 Å². The first kappa shape index (κ1) is 14.9. The van der Waals surface area contributed by atoms with E-state index in [1.165, 1.54) is 22.5 Å². The van der Waals surface area contributed by atoms with Crippen LogP contribution < -0.4 is 5.56 Å². The average molecular weight is 313 g/mol. The Morgan fingerprint density at radius 3 is 2.86 bits per heavy atom. The number of aromatic amines is 1. The fraction of sp³-hybridized carbons (Fsp3) is 0.294. The number of hydrogen-bond acceptors (Lipinski definition) is 4. The number of aromatic nitrogens is 2. The molecular formula is C17H19N3OS. The first-order valence-electron chi connectivity index (χ1n) is 7.23. The molecule has 0 aliphatic rings. The van der Waals surface area contributed by atoms with Gasteiger partial charge in [-0.3, -0.25) is 4.79 Å². The highest BCUT2D eigenvalue weighted by Gasteiger charge is 2.12. The van der Waals surface area contributed by atoms with Crippen molar-refractivity contribution in [3.05, 3.63) is 46.0 Å². The lowest BCUT2D eigenvalue weighted by Gasteiger charge is -2.08. The van der Waals surface area contributed by atoms with Gasteiger partial charge in [-0.2, -0.15) is 0 Å². The van der Waals surface area contributed by atoms with E-state index < -0.39 is 0 Å². The first-order chi connectivity index (χ1) is 10.5. The molecule has 1 aromatic carbocycles. The predicted molar refractivity (Wildman–Crippen MR) is 94.5 cm³/mol. The molecule has 1 N–H and O–H groups in total. The number of thiophene rings is 1. The summed E-state index contributed by atoms with van der Waals surface area (Å²) in [5, 5.41) is 1.06. The number of H-pyrrole nitrogens is 1. The van der Waals surface area contributed by atoms with E-state index >= 15 is 0 Å². The van der Waals surface area contributed by atoms with Crippen LogP contribution in [0.1, 0.15) is 25.2 Å². The van der Waals surface area contributed by atoms with Crippen molar-refractivity contribution in [1.82, 2.24) is 14.9 Å². The topological polar surface area (TPSA) is 49.0 Å². The monoisotopic (exact) mass is 313 g/mol. The molecule has 0 bridgehead atoms. The van der Waals surface area contributed by atoms with Crippen molar-refractivity contribution in [2.45, 2.75) is 20.4 Å². The van der Waals surface area contributed by atoms with Gasteiger partial charge in [-0.15, -0.1) is 11.3 Å². The standard InChI is InChI=1S/C17H19N3OS/c1-5-10(2)11-6-7-13-12(8-11)15-16(22-13)17(21)19-14(18-15)9-20(3)4/h5-8H,9H2,1-4H3,(H,18,19,21). The summed E-state index contributed by atoms with van der Waals surface area (Å²) in [6, 6.07) is 6.31. The molecule has 2 aromatic heterocycles. The third-order valence-electron chi connectivity index (χ3n) is 3.73. The highest BCUT2D eigenvalue weighted by atomic mass is 32.1. The molecule has 0 saturated heterocycles. The molecule has 0 spiro atoms. The molecule has 0 aliphatic carbocycles. The summed E-state index contributed by atoms with van der Waals surface area (Å²) in [4.78, 5) is 21.9. The summed E-state index contributed by atoms with van der Waals surface area (Å²) in [7, 11) is 3.92. The minimum atomic E-state index is -0.0487. The molecule has 0 aliphatic heterocycles. The SMILES string of the molecule is CC=C(C)c1ccc2sc3c(=O)[nH]c(CN(C)C)nc3c2c1. The number of benzene rings is 1. The van der Waals surface area contributed by atoms with Crippen LogP contribution in [-0.2, 0) is 6.54 Å². The minimum Gasteiger partial charge on any atom is -0.308 e. The van der Waals surface area contributed by atoms with Gasteiger partial charge in [-0.05, 0) is 51.2 Å². The maximum Gasteiger partial charge on any atom is 0.268 e. The Balaban J connectivity index is 2.30. The van der Waals surface area contributed by atoms with E-state index in [-0.39, 0.29) is 5.56 Å². The summed E-state index contributed by atoms with van der Waals surface area (Å²) in [5.41, 5.74) is 3.16. The summed E-state index contributed by atoms with van der Waals surface area (Å²) in [6.45, 7) is 4.74. The smallest absolute Gasteiger partial charge is 0.268 e. The molecule has 22 heavy (non-hydrogen) atoms. The fourth-order valence-corrected chi connectivity index (χ4v) is 3.50. The van der Waals surface area contributed by atoms with Crippen LogP contribution in [0.5, 0.6) is 0 Å². The fourth-order valence-electron chi connectivity index (χ4n) is 2.49. The van der Waals surface area contributed by atoms with Crippen LogP contribution in [-0.4, -0.2) is 29.0 Å². The maximum absolute atomic E-state index is 12.3. The summed E-state index contributed by atoms with van der Waals surface area (Å²) in [6.07, 6.45) is 2.09. The third-order valence-corrected chi connectivity index (χ3v) is 4.89. The molecule has 5 heteroatoms. The number of allylic oxidation sites excluding steroid dienone is 2. The normalized spacial score (nSPS) is 12.7. The van der Waals surface area contributed by atoms with E-state index in [2.05, 4.69) is 41.2 Å². The third kappa shape index (κ3) is 2.58. The molecule has 0 saturated carbocycles. The van der Waals surface area contributed by atoms with Crippen molar-refractivity contribution in [2.75, 3.05) is 14.1 Å². The zero-order valence-corrected chi connectivity index (χ0v) is 14.0. The Kier molecular flexibility index (Phi) is 3.85. The largest absolute Gasteiger partial charge is 0.308 e. The molecular weight excluding hydrogens is 294 g/mol. The molecule has 2 heterocycles. The van der Waals surface area contributed by atoms with Crippen molar-refractivity contribution < 1.29 is 0 Å². The number of fused-ring (bicyclic) bond motifs is 3. The van der Waals surface area contributed by atoms with Crippen molar-refractivity contribution in [3.8, 4) is 0 Å². The summed E-state index contributed by atoms with van der Waals surface area (Å²) >= 11 is 1.50. The van der Waals surface area contributed by atoms with E-state index in [1.807, 2.05) is 25.9 Å². The van der Waals surface area contributed by atoms with Gasteiger partial charge >= 0.3 is 0 Å². The molecule has 114 valence electrons. The van der Waals surface area contributed by atoms with Crippen LogP contribution in [0.2, 0.25) is 0 Å². The second-order valence-electron chi connectivity index (χ2n) is 5.71. The molecule has 3 rings (SSSR count). The Morgan fingerprint density at radius 1 is 1.41 bits per heavy atom. The molecule has 0 atom stereocenters. The molecule has 0 fully saturated rings. The van der Waals surface area contributed by atoms with Gasteiger partial charge in [0.05, 0.1) is 12.1 Å². The van der Waals surface area contributed by atoms with E-state index in [9.17, 15) is 4.79 Å². The van der Waals surface area contributed by atoms with E-state index in [0.29, 0.717) is 17.1 Å². The van der Waals surface area contributed by atoms with E-state index in [0.717, 1.165) is 15.6 Å². The molecule has 0 unspecified atom stereocenters. The van der Waals surface area contributed by atoms with Crippen LogP contribution >= 0.6 is 11.3 Å². The van der Waals surface area contributed by atoms with E-state index in [4.69, 9.17) is 0 Å². The van der Waals surface area contributed by atoms with Crippen molar-refractivity contribution in [3.63, 3.8) is 0 Å². The van der Waals surface area contributed by atoms with Gasteiger partial charge in [0.25, 0.3) is 5.56 Å². The zero-order valence-electron chi connectivity index (χ0n) is 13.2. The van der Waals surface area contributed by atoms with Gasteiger partial charge < -0.3 is 9.88 Å². The van der Waals surface area contributed by atoms with Gasteiger partial charge in [0.15, 0.2) is 0 Å². The van der Waals surface area contributed by atoms with Crippen molar-refractivity contribution in [2.24, 2.45) is 0 Å². The van der Waals surface area contributed by atoms with Gasteiger partial charge in [0, 0.05) is 10.1 Å². The van der Waals surface area contributed by atoms with Gasteiger partial charge in [-0.25, -0.2) is 4.98 Å². The Hall–Kier alpha value is -1.98. The van der Waals surface area contributed by atoms with Crippen LogP contribution in [0.4, 0.5) is 0 Å². The number of nitrogens with zero attached hydrogens (tertiary/aromatic N) is 2. The van der Waals surface area contributed by atoms with Crippen molar-refractivity contribution >= 4 is 37.2 Å². The lowest BCUT2D eigenvalue weighted by molar-refractivity contribution is 0.390. The van der Waals surface area contributed by atoms with Crippen LogP contribution in [0, 0.1) is 0 Å². The Bertz CT molecular complexity index is 934.